The van der Waals surface area contributed by atoms with Crippen molar-refractivity contribution in [3.05, 3.63) is 0 Å². The fraction of sp³-hybridized carbons (Fsp3) is 0.875. The molecule has 2 aliphatic rings. The molecule has 0 aromatic carbocycles. The van der Waals surface area contributed by atoms with Crippen molar-refractivity contribution in [2.45, 2.75) is 69.1 Å². The molecule has 0 radical (unpaired) electrons. The van der Waals surface area contributed by atoms with Crippen LogP contribution in [-0.4, -0.2) is 32.5 Å². The zero-order valence-corrected chi connectivity index (χ0v) is 16.4. The van der Waals surface area contributed by atoms with E-state index in [0.29, 0.717) is 23.6 Å². The first-order chi connectivity index (χ1) is 10.7. The number of aromatic nitrogens is 2. The monoisotopic (exact) mass is 378 g/mol. The van der Waals surface area contributed by atoms with Gasteiger partial charge >= 0.3 is 0 Å². The average molecular weight is 379 g/mol. The molecule has 2 fully saturated rings. The molecule has 7 heteroatoms. The van der Waals surface area contributed by atoms with Gasteiger partial charge < -0.3 is 9.47 Å². The second kappa shape index (κ2) is 8.77. The molecule has 2 saturated carbocycles. The number of hydrogen-bond donors (Lipinski definition) is 0. The normalized spacial score (nSPS) is 26.8. The summed E-state index contributed by atoms with van der Waals surface area (Å²) in [5.74, 6) is 2.10. The van der Waals surface area contributed by atoms with Crippen molar-refractivity contribution < 1.29 is 9.47 Å². The van der Waals surface area contributed by atoms with Gasteiger partial charge in [0, 0.05) is 5.25 Å². The first kappa shape index (κ1) is 19.1. The zero-order valence-electron chi connectivity index (χ0n) is 14.0. The maximum Gasteiger partial charge on any atom is 0.291 e. The van der Waals surface area contributed by atoms with Crippen molar-refractivity contribution >= 4 is 35.9 Å². The lowest BCUT2D eigenvalue weighted by Crippen LogP contribution is -2.30. The SMILES string of the molecule is CCCC(CCOc1nsnc1OC12CCC(CC1)C2)SC.Cl. The van der Waals surface area contributed by atoms with Crippen molar-refractivity contribution in [1.82, 2.24) is 8.75 Å². The van der Waals surface area contributed by atoms with E-state index >= 15 is 0 Å². The van der Waals surface area contributed by atoms with Crippen LogP contribution in [0.5, 0.6) is 11.8 Å². The molecule has 0 spiro atoms. The molecule has 132 valence electrons. The minimum Gasteiger partial charge on any atom is -0.473 e. The van der Waals surface area contributed by atoms with Gasteiger partial charge in [0.05, 0.1) is 18.3 Å². The Bertz CT molecular complexity index is 478. The van der Waals surface area contributed by atoms with Crippen LogP contribution in [0.1, 0.15) is 58.3 Å². The summed E-state index contributed by atoms with van der Waals surface area (Å²) in [4.78, 5) is 0. The third-order valence-corrected chi connectivity index (χ3v) is 6.68. The number of hydrogen-bond acceptors (Lipinski definition) is 6. The molecular weight excluding hydrogens is 352 g/mol. The lowest BCUT2D eigenvalue weighted by Gasteiger charge is -2.26. The summed E-state index contributed by atoms with van der Waals surface area (Å²) in [7, 11) is 0. The Balaban J connectivity index is 0.00000192. The van der Waals surface area contributed by atoms with Crippen LogP contribution in [-0.2, 0) is 0 Å². The van der Waals surface area contributed by atoms with Crippen LogP contribution in [0, 0.1) is 5.92 Å². The maximum atomic E-state index is 6.26. The number of thioether (sulfide) groups is 1. The Kier molecular flexibility index (Phi) is 7.29. The summed E-state index contributed by atoms with van der Waals surface area (Å²) in [6.07, 6.45) is 11.8. The van der Waals surface area contributed by atoms with Crippen molar-refractivity contribution in [1.29, 1.82) is 0 Å². The highest BCUT2D eigenvalue weighted by atomic mass is 35.5. The van der Waals surface area contributed by atoms with Crippen molar-refractivity contribution in [3.8, 4) is 11.8 Å². The number of rotatable bonds is 9. The number of fused-ring (bicyclic) bond motifs is 2. The van der Waals surface area contributed by atoms with Gasteiger partial charge in [-0.05, 0) is 57.1 Å². The summed E-state index contributed by atoms with van der Waals surface area (Å²) in [5, 5.41) is 0.671. The first-order valence-electron chi connectivity index (χ1n) is 8.42. The second-order valence-corrected chi connectivity index (χ2v) is 8.26. The predicted molar refractivity (Wildman–Crippen MR) is 99.4 cm³/mol. The van der Waals surface area contributed by atoms with Gasteiger partial charge in [-0.15, -0.1) is 21.2 Å². The Hall–Kier alpha value is -0.200. The summed E-state index contributed by atoms with van der Waals surface area (Å²) in [5.41, 5.74) is 0.0303. The van der Waals surface area contributed by atoms with Crippen LogP contribution < -0.4 is 9.47 Å². The minimum absolute atomic E-state index is 0. The van der Waals surface area contributed by atoms with E-state index in [0.717, 1.165) is 12.3 Å². The summed E-state index contributed by atoms with van der Waals surface area (Å²) in [6, 6.07) is 0. The van der Waals surface area contributed by atoms with E-state index in [-0.39, 0.29) is 18.0 Å². The molecule has 0 N–H and O–H groups in total. The van der Waals surface area contributed by atoms with E-state index in [1.807, 2.05) is 11.8 Å². The van der Waals surface area contributed by atoms with E-state index in [1.54, 1.807) is 0 Å². The summed E-state index contributed by atoms with van der Waals surface area (Å²) in [6.45, 7) is 2.93. The third kappa shape index (κ3) is 4.67. The molecule has 1 aromatic heterocycles. The van der Waals surface area contributed by atoms with Crippen molar-refractivity contribution in [2.24, 2.45) is 5.92 Å². The molecule has 0 aliphatic heterocycles. The fourth-order valence-electron chi connectivity index (χ4n) is 3.80. The van der Waals surface area contributed by atoms with Gasteiger partial charge in [0.1, 0.15) is 5.60 Å². The Morgan fingerprint density at radius 3 is 2.61 bits per heavy atom. The summed E-state index contributed by atoms with van der Waals surface area (Å²) >= 11 is 3.12. The van der Waals surface area contributed by atoms with E-state index in [9.17, 15) is 0 Å². The van der Waals surface area contributed by atoms with Gasteiger partial charge in [-0.2, -0.15) is 11.8 Å². The van der Waals surface area contributed by atoms with Crippen LogP contribution in [0.15, 0.2) is 0 Å². The highest BCUT2D eigenvalue weighted by Gasteiger charge is 2.47. The van der Waals surface area contributed by atoms with E-state index in [4.69, 9.17) is 9.47 Å². The highest BCUT2D eigenvalue weighted by molar-refractivity contribution is 7.99. The van der Waals surface area contributed by atoms with Crippen LogP contribution in [0.4, 0.5) is 0 Å². The fourth-order valence-corrected chi connectivity index (χ4v) is 5.04. The topological polar surface area (TPSA) is 44.2 Å². The minimum atomic E-state index is 0. The molecule has 1 heterocycles. The smallest absolute Gasteiger partial charge is 0.291 e. The first-order valence-corrected chi connectivity index (χ1v) is 10.4. The Morgan fingerprint density at radius 2 is 2.00 bits per heavy atom. The van der Waals surface area contributed by atoms with Gasteiger partial charge in [-0.1, -0.05) is 13.3 Å². The molecule has 23 heavy (non-hydrogen) atoms. The van der Waals surface area contributed by atoms with Gasteiger partial charge in [0.25, 0.3) is 11.8 Å². The largest absolute Gasteiger partial charge is 0.473 e. The van der Waals surface area contributed by atoms with Crippen molar-refractivity contribution in [3.63, 3.8) is 0 Å². The van der Waals surface area contributed by atoms with Crippen LogP contribution >= 0.6 is 35.9 Å². The van der Waals surface area contributed by atoms with Gasteiger partial charge in [0.15, 0.2) is 0 Å². The van der Waals surface area contributed by atoms with Crippen molar-refractivity contribution in [2.75, 3.05) is 12.9 Å². The van der Waals surface area contributed by atoms with E-state index in [2.05, 4.69) is 21.9 Å². The zero-order chi connectivity index (χ0) is 15.4. The van der Waals surface area contributed by atoms with Crippen LogP contribution in [0.25, 0.3) is 0 Å². The van der Waals surface area contributed by atoms with E-state index < -0.39 is 0 Å². The Labute approximate surface area is 153 Å². The number of nitrogens with zero attached hydrogens (tertiary/aromatic N) is 2. The molecular formula is C16H27ClN2O2S2. The molecule has 1 aromatic rings. The molecule has 1 atom stereocenters. The molecule has 0 amide bonds. The molecule has 0 saturated heterocycles. The average Bonchev–Trinajstić information content (AvgIpc) is 3.23. The van der Waals surface area contributed by atoms with Crippen LogP contribution in [0.2, 0.25) is 0 Å². The summed E-state index contributed by atoms with van der Waals surface area (Å²) < 4.78 is 20.7. The molecule has 2 aliphatic carbocycles. The molecule has 3 rings (SSSR count). The predicted octanol–water partition coefficient (Wildman–Crippen LogP) is 4.97. The van der Waals surface area contributed by atoms with Gasteiger partial charge in [-0.25, -0.2) is 0 Å². The molecule has 4 nitrogen and oxygen atoms in total. The van der Waals surface area contributed by atoms with Gasteiger partial charge in [-0.3, -0.25) is 0 Å². The standard InChI is InChI=1S/C16H26N2O2S2.ClH/c1-3-4-13(21-2)7-10-19-14-15(18-22-17-14)20-16-8-5-12(11-16)6-9-16;/h12-13H,3-11H2,1-2H3;1H. The second-order valence-electron chi connectivity index (χ2n) is 6.59. The van der Waals surface area contributed by atoms with E-state index in [1.165, 1.54) is 56.7 Å². The quantitative estimate of drug-likeness (QED) is 0.606. The molecule has 2 bridgehead atoms. The third-order valence-electron chi connectivity index (χ3n) is 5.04. The number of ether oxygens (including phenoxy) is 2. The lowest BCUT2D eigenvalue weighted by molar-refractivity contribution is 0.0705. The Morgan fingerprint density at radius 1 is 1.26 bits per heavy atom. The highest BCUT2D eigenvalue weighted by Crippen LogP contribution is 2.50. The maximum absolute atomic E-state index is 6.26. The number of halogens is 1. The molecule has 1 unspecified atom stereocenters. The van der Waals surface area contributed by atoms with Gasteiger partial charge in [0.2, 0.25) is 0 Å². The van der Waals surface area contributed by atoms with Crippen LogP contribution in [0.3, 0.4) is 0 Å². The lowest BCUT2D eigenvalue weighted by atomic mass is 9.97.